The van der Waals surface area contributed by atoms with Gasteiger partial charge < -0.3 is 14.3 Å². The average molecular weight is 372 g/mol. The highest BCUT2D eigenvalue weighted by Gasteiger charge is 2.28. The normalized spacial score (nSPS) is 15.4. The van der Waals surface area contributed by atoms with Crippen molar-refractivity contribution in [1.82, 2.24) is 20.1 Å². The lowest BCUT2D eigenvalue weighted by Crippen LogP contribution is -2.38. The van der Waals surface area contributed by atoms with Crippen LogP contribution in [0.15, 0.2) is 32.2 Å². The topological polar surface area (TPSA) is 112 Å². The predicted molar refractivity (Wildman–Crippen MR) is 94.3 cm³/mol. The van der Waals surface area contributed by atoms with Crippen LogP contribution in [0.5, 0.6) is 0 Å². The van der Waals surface area contributed by atoms with Crippen molar-refractivity contribution in [3.8, 4) is 0 Å². The van der Waals surface area contributed by atoms with Crippen LogP contribution in [0, 0.1) is 12.7 Å². The van der Waals surface area contributed by atoms with Crippen molar-refractivity contribution in [1.29, 1.82) is 0 Å². The molecule has 0 aliphatic carbocycles. The van der Waals surface area contributed by atoms with Gasteiger partial charge in [0.2, 0.25) is 11.4 Å². The van der Waals surface area contributed by atoms with Gasteiger partial charge >= 0.3 is 5.76 Å². The number of aryl methyl sites for hydroxylation is 1. The molecule has 3 aromatic rings. The molecule has 0 spiro atoms. The van der Waals surface area contributed by atoms with Crippen molar-refractivity contribution in [2.75, 3.05) is 13.1 Å². The maximum absolute atomic E-state index is 14.2. The molecule has 1 saturated heterocycles. The number of aromatic amines is 2. The number of carbonyl (C=O) groups excluding carboxylic acids is 1. The number of aromatic nitrogens is 3. The van der Waals surface area contributed by atoms with Crippen molar-refractivity contribution in [2.24, 2.45) is 0 Å². The number of carbonyl (C=O) groups is 1. The molecule has 0 bridgehead atoms. The molecule has 0 atom stereocenters. The SMILES string of the molecule is Cc1cc(F)c2[nH]c(=O)cc(C(=O)N3CCC(c4n[nH]c(=O)o4)CC3)c2c1. The van der Waals surface area contributed by atoms with Gasteiger partial charge in [-0.2, -0.15) is 0 Å². The average Bonchev–Trinajstić information content (AvgIpc) is 3.08. The summed E-state index contributed by atoms with van der Waals surface area (Å²) in [5.41, 5.74) is 0.348. The number of hydrogen-bond acceptors (Lipinski definition) is 5. The maximum atomic E-state index is 14.2. The van der Waals surface area contributed by atoms with Crippen molar-refractivity contribution < 1.29 is 13.6 Å². The number of nitrogens with one attached hydrogen (secondary N) is 2. The summed E-state index contributed by atoms with van der Waals surface area (Å²) >= 11 is 0. The molecule has 3 heterocycles. The summed E-state index contributed by atoms with van der Waals surface area (Å²) in [6.07, 6.45) is 1.15. The van der Waals surface area contributed by atoms with E-state index in [0.717, 1.165) is 0 Å². The van der Waals surface area contributed by atoms with E-state index in [1.165, 1.54) is 12.1 Å². The molecule has 8 nitrogen and oxygen atoms in total. The molecular weight excluding hydrogens is 355 g/mol. The molecule has 0 unspecified atom stereocenters. The highest BCUT2D eigenvalue weighted by molar-refractivity contribution is 6.06. The molecule has 9 heteroatoms. The number of piperidine rings is 1. The molecule has 140 valence electrons. The first-order valence-corrected chi connectivity index (χ1v) is 8.60. The second-order valence-corrected chi connectivity index (χ2v) is 6.73. The molecular formula is C18H17FN4O4. The Hall–Kier alpha value is -3.23. The minimum absolute atomic E-state index is 0.0321. The third-order valence-electron chi connectivity index (χ3n) is 4.86. The number of fused-ring (bicyclic) bond motifs is 1. The molecule has 2 N–H and O–H groups in total. The molecule has 0 radical (unpaired) electrons. The van der Waals surface area contributed by atoms with Crippen molar-refractivity contribution >= 4 is 16.8 Å². The van der Waals surface area contributed by atoms with Crippen molar-refractivity contribution in [3.05, 3.63) is 61.9 Å². The number of amides is 1. The number of likely N-dealkylation sites (tertiary alicyclic amines) is 1. The monoisotopic (exact) mass is 372 g/mol. The number of benzene rings is 1. The fraction of sp³-hybridized carbons (Fsp3) is 0.333. The fourth-order valence-corrected chi connectivity index (χ4v) is 3.54. The Bertz CT molecular complexity index is 1140. The molecule has 0 saturated carbocycles. The molecule has 4 rings (SSSR count). The summed E-state index contributed by atoms with van der Waals surface area (Å²) in [6, 6.07) is 4.21. The second kappa shape index (κ2) is 6.49. The Balaban J connectivity index is 1.62. The lowest BCUT2D eigenvalue weighted by Gasteiger charge is -2.30. The van der Waals surface area contributed by atoms with Crippen LogP contribution in [0.3, 0.4) is 0 Å². The van der Waals surface area contributed by atoms with Crippen LogP contribution in [0.1, 0.15) is 40.6 Å². The van der Waals surface area contributed by atoms with E-state index in [1.807, 2.05) is 0 Å². The van der Waals surface area contributed by atoms with Crippen molar-refractivity contribution in [2.45, 2.75) is 25.7 Å². The van der Waals surface area contributed by atoms with Gasteiger partial charge in [-0.1, -0.05) is 0 Å². The van der Waals surface area contributed by atoms with Gasteiger partial charge in [-0.05, 0) is 37.5 Å². The summed E-state index contributed by atoms with van der Waals surface area (Å²) in [7, 11) is 0. The van der Waals surface area contributed by atoms with E-state index < -0.39 is 17.1 Å². The number of nitrogens with zero attached hydrogens (tertiary/aromatic N) is 2. The summed E-state index contributed by atoms with van der Waals surface area (Å²) < 4.78 is 19.2. The van der Waals surface area contributed by atoms with E-state index >= 15 is 0 Å². The van der Waals surface area contributed by atoms with Gasteiger partial charge in [-0.25, -0.2) is 14.3 Å². The molecule has 1 aromatic carbocycles. The third-order valence-corrected chi connectivity index (χ3v) is 4.86. The number of rotatable bonds is 2. The predicted octanol–water partition coefficient (Wildman–Crippen LogP) is 1.67. The second-order valence-electron chi connectivity index (χ2n) is 6.73. The van der Waals surface area contributed by atoms with Crippen LogP contribution in [0.25, 0.3) is 10.9 Å². The Labute approximate surface area is 152 Å². The highest BCUT2D eigenvalue weighted by Crippen LogP contribution is 2.28. The van der Waals surface area contributed by atoms with Crippen LogP contribution in [0.2, 0.25) is 0 Å². The smallest absolute Gasteiger partial charge is 0.392 e. The number of hydrogen-bond donors (Lipinski definition) is 2. The summed E-state index contributed by atoms with van der Waals surface area (Å²) in [4.78, 5) is 40.1. The first-order valence-electron chi connectivity index (χ1n) is 8.60. The number of halogens is 1. The Morgan fingerprint density at radius 2 is 2.00 bits per heavy atom. The summed E-state index contributed by atoms with van der Waals surface area (Å²) in [5, 5.41) is 6.47. The van der Waals surface area contributed by atoms with Gasteiger partial charge in [-0.15, -0.1) is 5.10 Å². The fourth-order valence-electron chi connectivity index (χ4n) is 3.54. The van der Waals surface area contributed by atoms with E-state index in [0.29, 0.717) is 42.8 Å². The van der Waals surface area contributed by atoms with E-state index in [4.69, 9.17) is 4.42 Å². The minimum Gasteiger partial charge on any atom is -0.392 e. The summed E-state index contributed by atoms with van der Waals surface area (Å²) in [5.74, 6) is -1.20. The lowest BCUT2D eigenvalue weighted by molar-refractivity contribution is 0.0707. The molecule has 1 amide bonds. The van der Waals surface area contributed by atoms with Gasteiger partial charge in [0.25, 0.3) is 5.91 Å². The summed E-state index contributed by atoms with van der Waals surface area (Å²) in [6.45, 7) is 2.57. The minimum atomic E-state index is -0.601. The first kappa shape index (κ1) is 17.2. The van der Waals surface area contributed by atoms with Crippen LogP contribution in [0.4, 0.5) is 4.39 Å². The maximum Gasteiger partial charge on any atom is 0.434 e. The molecule has 1 fully saturated rings. The van der Waals surface area contributed by atoms with E-state index in [-0.39, 0.29) is 22.9 Å². The van der Waals surface area contributed by atoms with Gasteiger partial charge in [-0.3, -0.25) is 9.59 Å². The highest BCUT2D eigenvalue weighted by atomic mass is 19.1. The molecule has 2 aromatic heterocycles. The molecule has 27 heavy (non-hydrogen) atoms. The zero-order valence-electron chi connectivity index (χ0n) is 14.5. The van der Waals surface area contributed by atoms with E-state index in [1.54, 1.807) is 17.9 Å². The Morgan fingerprint density at radius 1 is 1.26 bits per heavy atom. The Morgan fingerprint density at radius 3 is 2.67 bits per heavy atom. The van der Waals surface area contributed by atoms with Crippen molar-refractivity contribution in [3.63, 3.8) is 0 Å². The largest absolute Gasteiger partial charge is 0.434 e. The Kier molecular flexibility index (Phi) is 4.14. The van der Waals surface area contributed by atoms with Gasteiger partial charge in [0.1, 0.15) is 5.82 Å². The van der Waals surface area contributed by atoms with Gasteiger partial charge in [0.15, 0.2) is 0 Å². The number of pyridine rings is 1. The molecule has 1 aliphatic rings. The van der Waals surface area contributed by atoms with Crippen LogP contribution in [-0.2, 0) is 0 Å². The van der Waals surface area contributed by atoms with Crippen LogP contribution < -0.4 is 11.3 Å². The standard InChI is InChI=1S/C18H17FN4O4/c1-9-6-11-12(8-14(24)20-15(11)13(19)7-9)17(25)23-4-2-10(3-5-23)16-21-22-18(26)27-16/h6-8,10H,2-5H2,1H3,(H,20,24)(H,22,26). The van der Waals surface area contributed by atoms with Gasteiger partial charge in [0, 0.05) is 30.5 Å². The lowest BCUT2D eigenvalue weighted by atomic mass is 9.96. The quantitative estimate of drug-likeness (QED) is 0.711. The zero-order chi connectivity index (χ0) is 19.1. The van der Waals surface area contributed by atoms with E-state index in [9.17, 15) is 18.8 Å². The van der Waals surface area contributed by atoms with E-state index in [2.05, 4.69) is 15.2 Å². The zero-order valence-corrected chi connectivity index (χ0v) is 14.5. The van der Waals surface area contributed by atoms with Gasteiger partial charge in [0.05, 0.1) is 11.1 Å². The van der Waals surface area contributed by atoms with Crippen LogP contribution >= 0.6 is 0 Å². The molecule has 1 aliphatic heterocycles. The first-order chi connectivity index (χ1) is 12.9. The third kappa shape index (κ3) is 3.16. The van der Waals surface area contributed by atoms with Crippen LogP contribution in [-0.4, -0.2) is 39.1 Å². The number of H-pyrrole nitrogens is 2.